The van der Waals surface area contributed by atoms with E-state index in [0.29, 0.717) is 17.0 Å². The van der Waals surface area contributed by atoms with Gasteiger partial charge >= 0.3 is 5.97 Å². The van der Waals surface area contributed by atoms with E-state index in [9.17, 15) is 9.90 Å². The molecule has 1 aromatic carbocycles. The molecule has 27 heavy (non-hydrogen) atoms. The Labute approximate surface area is 156 Å². The minimum Gasteiger partial charge on any atom is -0.482 e. The van der Waals surface area contributed by atoms with Crippen LogP contribution in [0.2, 0.25) is 0 Å². The minimum absolute atomic E-state index is 0.0431. The molecule has 8 heteroatoms. The van der Waals surface area contributed by atoms with Crippen LogP contribution in [-0.2, 0) is 9.53 Å². The van der Waals surface area contributed by atoms with E-state index in [1.807, 2.05) is 19.9 Å². The molecule has 142 valence electrons. The molecule has 3 aromatic rings. The Hall–Kier alpha value is -2.97. The van der Waals surface area contributed by atoms with Gasteiger partial charge in [-0.05, 0) is 44.2 Å². The lowest BCUT2D eigenvalue weighted by Crippen LogP contribution is -2.12. The number of pyridine rings is 1. The van der Waals surface area contributed by atoms with Crippen molar-refractivity contribution in [2.45, 2.75) is 26.1 Å². The molecule has 2 N–H and O–H groups in total. The summed E-state index contributed by atoms with van der Waals surface area (Å²) in [6.07, 6.45) is 2.58. The summed E-state index contributed by atoms with van der Waals surface area (Å²) >= 11 is 0. The van der Waals surface area contributed by atoms with Gasteiger partial charge in [-0.15, -0.1) is 0 Å². The number of carboxylic acid groups (broad SMARTS) is 1. The second-order valence-electron chi connectivity index (χ2n) is 6.31. The van der Waals surface area contributed by atoms with Crippen molar-refractivity contribution in [1.29, 1.82) is 0 Å². The molecule has 2 aromatic heterocycles. The highest BCUT2D eigenvalue weighted by Crippen LogP contribution is 2.22. The first-order valence-corrected chi connectivity index (χ1v) is 8.52. The standard InChI is InChI=1S/C19H21N3O5/c1-12(2)26-10-17(23)13-7-14-9-21-22(19(14)20-8-13)15-3-5-16(6-4-15)27-11-18(24)25/h3-9,12,17,23H,10-11H2,1-2H3,(H,24,25)/t17-/m0/s1. The Bertz CT molecular complexity index is 921. The zero-order valence-electron chi connectivity index (χ0n) is 15.1. The predicted molar refractivity (Wildman–Crippen MR) is 98.0 cm³/mol. The van der Waals surface area contributed by atoms with Crippen LogP contribution in [0.25, 0.3) is 16.7 Å². The zero-order valence-corrected chi connectivity index (χ0v) is 15.1. The van der Waals surface area contributed by atoms with Crippen molar-refractivity contribution in [2.24, 2.45) is 0 Å². The SMILES string of the molecule is CC(C)OC[C@H](O)c1cnc2c(cnn2-c2ccc(OCC(=O)O)cc2)c1. The summed E-state index contributed by atoms with van der Waals surface area (Å²) < 4.78 is 12.2. The van der Waals surface area contributed by atoms with E-state index in [2.05, 4.69) is 10.1 Å². The average Bonchev–Trinajstić information content (AvgIpc) is 3.08. The van der Waals surface area contributed by atoms with Crippen LogP contribution in [0.3, 0.4) is 0 Å². The third-order valence-corrected chi connectivity index (χ3v) is 3.84. The Morgan fingerprint density at radius 1 is 1.22 bits per heavy atom. The van der Waals surface area contributed by atoms with Gasteiger partial charge in [0.2, 0.25) is 0 Å². The number of benzene rings is 1. The molecule has 1 atom stereocenters. The molecule has 0 bridgehead atoms. The van der Waals surface area contributed by atoms with Gasteiger partial charge in [-0.25, -0.2) is 14.5 Å². The molecule has 0 spiro atoms. The topological polar surface area (TPSA) is 107 Å². The van der Waals surface area contributed by atoms with E-state index in [1.165, 1.54) is 0 Å². The summed E-state index contributed by atoms with van der Waals surface area (Å²) in [4.78, 5) is 15.0. The molecule has 0 unspecified atom stereocenters. The summed E-state index contributed by atoms with van der Waals surface area (Å²) in [6, 6.07) is 8.72. The van der Waals surface area contributed by atoms with Gasteiger partial charge in [0.15, 0.2) is 12.3 Å². The number of aliphatic carboxylic acids is 1. The number of hydrogen-bond donors (Lipinski definition) is 2. The van der Waals surface area contributed by atoms with Gasteiger partial charge in [-0.1, -0.05) is 0 Å². The largest absolute Gasteiger partial charge is 0.482 e. The highest BCUT2D eigenvalue weighted by molar-refractivity contribution is 5.77. The third-order valence-electron chi connectivity index (χ3n) is 3.84. The van der Waals surface area contributed by atoms with Crippen LogP contribution in [-0.4, -0.2) is 50.3 Å². The van der Waals surface area contributed by atoms with Gasteiger partial charge in [0.25, 0.3) is 0 Å². The van der Waals surface area contributed by atoms with Crippen LogP contribution in [0, 0.1) is 0 Å². The maximum Gasteiger partial charge on any atom is 0.341 e. The van der Waals surface area contributed by atoms with E-state index in [0.717, 1.165) is 11.1 Å². The highest BCUT2D eigenvalue weighted by atomic mass is 16.5. The zero-order chi connectivity index (χ0) is 19.4. The van der Waals surface area contributed by atoms with E-state index in [1.54, 1.807) is 41.3 Å². The normalized spacial score (nSPS) is 12.4. The molecule has 3 rings (SSSR count). The number of hydrogen-bond acceptors (Lipinski definition) is 6. The molecule has 0 amide bonds. The maximum absolute atomic E-state index is 10.5. The van der Waals surface area contributed by atoms with Crippen LogP contribution < -0.4 is 4.74 Å². The fraction of sp³-hybridized carbons (Fsp3) is 0.316. The summed E-state index contributed by atoms with van der Waals surface area (Å²) in [5.74, 6) is -0.570. The number of carbonyl (C=O) groups is 1. The molecule has 0 aliphatic carbocycles. The maximum atomic E-state index is 10.5. The van der Waals surface area contributed by atoms with Crippen molar-refractivity contribution in [2.75, 3.05) is 13.2 Å². The minimum atomic E-state index is -1.03. The van der Waals surface area contributed by atoms with Gasteiger partial charge < -0.3 is 19.7 Å². The average molecular weight is 371 g/mol. The number of aliphatic hydroxyl groups excluding tert-OH is 1. The molecule has 0 saturated heterocycles. The van der Waals surface area contributed by atoms with Crippen LogP contribution in [0.15, 0.2) is 42.7 Å². The Morgan fingerprint density at radius 3 is 2.63 bits per heavy atom. The molecule has 0 fully saturated rings. The van der Waals surface area contributed by atoms with Gasteiger partial charge in [-0.2, -0.15) is 5.10 Å². The third kappa shape index (κ3) is 4.60. The number of aromatic nitrogens is 3. The summed E-state index contributed by atoms with van der Waals surface area (Å²) in [5.41, 5.74) is 2.08. The van der Waals surface area contributed by atoms with Gasteiger partial charge in [0.05, 0.1) is 24.6 Å². The van der Waals surface area contributed by atoms with Crippen LogP contribution in [0.5, 0.6) is 5.75 Å². The van der Waals surface area contributed by atoms with Crippen molar-refractivity contribution in [3.63, 3.8) is 0 Å². The summed E-state index contributed by atoms with van der Waals surface area (Å²) in [6.45, 7) is 3.64. The smallest absolute Gasteiger partial charge is 0.341 e. The van der Waals surface area contributed by atoms with Crippen LogP contribution in [0.4, 0.5) is 0 Å². The van der Waals surface area contributed by atoms with Crippen LogP contribution >= 0.6 is 0 Å². The number of aliphatic hydroxyl groups is 1. The van der Waals surface area contributed by atoms with Crippen molar-refractivity contribution in [3.8, 4) is 11.4 Å². The molecule has 0 radical (unpaired) electrons. The molecular weight excluding hydrogens is 350 g/mol. The number of carboxylic acids is 1. The van der Waals surface area contributed by atoms with Crippen molar-refractivity contribution in [3.05, 3.63) is 48.3 Å². The van der Waals surface area contributed by atoms with Gasteiger partial charge in [-0.3, -0.25) is 0 Å². The Kier molecular flexibility index (Phi) is 5.68. The first kappa shape index (κ1) is 18.8. The fourth-order valence-corrected chi connectivity index (χ4v) is 2.52. The molecule has 0 aliphatic rings. The number of ether oxygens (including phenoxy) is 2. The van der Waals surface area contributed by atoms with E-state index in [-0.39, 0.29) is 12.7 Å². The van der Waals surface area contributed by atoms with E-state index < -0.39 is 18.7 Å². The first-order valence-electron chi connectivity index (χ1n) is 8.52. The van der Waals surface area contributed by atoms with Gasteiger partial charge in [0, 0.05) is 17.1 Å². The molecule has 0 saturated carbocycles. The first-order chi connectivity index (χ1) is 12.9. The molecular formula is C19H21N3O5. The lowest BCUT2D eigenvalue weighted by molar-refractivity contribution is -0.139. The lowest BCUT2D eigenvalue weighted by Gasteiger charge is -2.13. The second-order valence-corrected chi connectivity index (χ2v) is 6.31. The van der Waals surface area contributed by atoms with Crippen molar-refractivity contribution >= 4 is 17.0 Å². The molecule has 8 nitrogen and oxygen atoms in total. The predicted octanol–water partition coefficient (Wildman–Crippen LogP) is 2.34. The number of fused-ring (bicyclic) bond motifs is 1. The van der Waals surface area contributed by atoms with E-state index in [4.69, 9.17) is 14.6 Å². The Balaban J connectivity index is 1.79. The molecule has 2 heterocycles. The second kappa shape index (κ2) is 8.15. The fourth-order valence-electron chi connectivity index (χ4n) is 2.52. The van der Waals surface area contributed by atoms with Gasteiger partial charge in [0.1, 0.15) is 11.9 Å². The van der Waals surface area contributed by atoms with Crippen molar-refractivity contribution < 1.29 is 24.5 Å². The highest BCUT2D eigenvalue weighted by Gasteiger charge is 2.13. The van der Waals surface area contributed by atoms with E-state index >= 15 is 0 Å². The monoisotopic (exact) mass is 371 g/mol. The number of rotatable bonds is 8. The van der Waals surface area contributed by atoms with Crippen molar-refractivity contribution in [1.82, 2.24) is 14.8 Å². The quantitative estimate of drug-likeness (QED) is 0.626. The molecule has 0 aliphatic heterocycles. The number of nitrogens with zero attached hydrogens (tertiary/aromatic N) is 3. The Morgan fingerprint density at radius 2 is 1.96 bits per heavy atom. The lowest BCUT2D eigenvalue weighted by atomic mass is 10.1. The van der Waals surface area contributed by atoms with Crippen LogP contribution in [0.1, 0.15) is 25.5 Å². The summed E-state index contributed by atoms with van der Waals surface area (Å²) in [7, 11) is 0. The summed E-state index contributed by atoms with van der Waals surface area (Å²) in [5, 5.41) is 24.0.